The van der Waals surface area contributed by atoms with Gasteiger partial charge in [-0.05, 0) is 36.6 Å². The van der Waals surface area contributed by atoms with Crippen molar-refractivity contribution in [2.45, 2.75) is 20.3 Å². The monoisotopic (exact) mass is 198 g/mol. The number of hydrogen-bond donors (Lipinski definition) is 0. The van der Waals surface area contributed by atoms with E-state index in [2.05, 4.69) is 42.8 Å². The van der Waals surface area contributed by atoms with Crippen molar-refractivity contribution < 1.29 is 0 Å². The summed E-state index contributed by atoms with van der Waals surface area (Å²) >= 11 is 0. The van der Waals surface area contributed by atoms with Gasteiger partial charge >= 0.3 is 0 Å². The Balaban J connectivity index is 2.82. The largest absolute Gasteiger partial charge is 0.350 e. The van der Waals surface area contributed by atoms with Crippen LogP contribution in [0.4, 0.5) is 0 Å². The minimum absolute atomic E-state index is 0.487. The second-order valence-electron chi connectivity index (χ2n) is 4.08. The first kappa shape index (κ1) is 9.79. The summed E-state index contributed by atoms with van der Waals surface area (Å²) in [7, 11) is 2.03. The van der Waals surface area contributed by atoms with Gasteiger partial charge in [0.1, 0.15) is 0 Å². The predicted molar refractivity (Wildman–Crippen MR) is 61.7 cm³/mol. The Morgan fingerprint density at radius 2 is 2.07 bits per heavy atom. The summed E-state index contributed by atoms with van der Waals surface area (Å²) in [6, 6.07) is 6.56. The lowest BCUT2D eigenvalue weighted by atomic mass is 10.0. The molecule has 76 valence electrons. The quantitative estimate of drug-likeness (QED) is 0.692. The Morgan fingerprint density at radius 1 is 1.33 bits per heavy atom. The van der Waals surface area contributed by atoms with Crippen LogP contribution in [-0.2, 0) is 13.5 Å². The first-order valence-electron chi connectivity index (χ1n) is 5.05. The minimum atomic E-state index is 0.487. The third-order valence-electron chi connectivity index (χ3n) is 2.78. The molecule has 1 aromatic carbocycles. The van der Waals surface area contributed by atoms with Crippen LogP contribution in [0, 0.1) is 25.2 Å². The Labute approximate surface area is 89.7 Å². The van der Waals surface area contributed by atoms with Crippen LogP contribution in [0.3, 0.4) is 0 Å². The number of hydrogen-bond acceptors (Lipinski definition) is 1. The molecular weight excluding hydrogens is 184 g/mol. The van der Waals surface area contributed by atoms with E-state index in [1.807, 2.05) is 7.05 Å². The van der Waals surface area contributed by atoms with E-state index in [9.17, 15) is 0 Å². The van der Waals surface area contributed by atoms with Crippen molar-refractivity contribution in [1.82, 2.24) is 4.57 Å². The molecule has 2 rings (SSSR count). The molecule has 2 heteroatoms. The fourth-order valence-corrected chi connectivity index (χ4v) is 2.23. The lowest BCUT2D eigenvalue weighted by molar-refractivity contribution is 0.959. The highest BCUT2D eigenvalue weighted by atomic mass is 14.9. The minimum Gasteiger partial charge on any atom is -0.350 e. The zero-order valence-corrected chi connectivity index (χ0v) is 9.33. The highest BCUT2D eigenvalue weighted by molar-refractivity contribution is 5.88. The second kappa shape index (κ2) is 3.43. The fourth-order valence-electron chi connectivity index (χ4n) is 2.23. The molecule has 2 aromatic rings. The van der Waals surface area contributed by atoms with Crippen LogP contribution in [0.1, 0.15) is 16.7 Å². The van der Waals surface area contributed by atoms with Gasteiger partial charge in [-0.1, -0.05) is 6.07 Å². The van der Waals surface area contributed by atoms with Crippen LogP contribution in [0.2, 0.25) is 0 Å². The Hall–Kier alpha value is -1.75. The number of benzene rings is 1. The summed E-state index contributed by atoms with van der Waals surface area (Å²) in [6.45, 7) is 4.21. The third kappa shape index (κ3) is 1.50. The van der Waals surface area contributed by atoms with Crippen LogP contribution >= 0.6 is 0 Å². The zero-order chi connectivity index (χ0) is 11.0. The molecule has 0 fully saturated rings. The van der Waals surface area contributed by atoms with Crippen molar-refractivity contribution in [3.05, 3.63) is 35.0 Å². The summed E-state index contributed by atoms with van der Waals surface area (Å²) in [6.07, 6.45) is 2.54. The molecule has 0 saturated heterocycles. The van der Waals surface area contributed by atoms with E-state index in [0.717, 1.165) is 5.56 Å². The average molecular weight is 198 g/mol. The van der Waals surface area contributed by atoms with Gasteiger partial charge in [0.15, 0.2) is 0 Å². The van der Waals surface area contributed by atoms with Crippen molar-refractivity contribution in [2.75, 3.05) is 0 Å². The van der Waals surface area contributed by atoms with Crippen LogP contribution < -0.4 is 0 Å². The second-order valence-corrected chi connectivity index (χ2v) is 4.08. The van der Waals surface area contributed by atoms with E-state index < -0.39 is 0 Å². The van der Waals surface area contributed by atoms with Gasteiger partial charge in [-0.2, -0.15) is 5.26 Å². The summed E-state index contributed by atoms with van der Waals surface area (Å²) in [5, 5.41) is 10.0. The Kier molecular flexibility index (Phi) is 2.24. The number of aromatic nitrogens is 1. The molecule has 0 saturated carbocycles. The maximum atomic E-state index is 8.77. The normalized spacial score (nSPS) is 10.5. The van der Waals surface area contributed by atoms with Crippen molar-refractivity contribution in [3.8, 4) is 6.07 Å². The van der Waals surface area contributed by atoms with E-state index in [1.165, 1.54) is 22.0 Å². The molecule has 0 radical (unpaired) electrons. The molecule has 0 unspecified atom stereocenters. The molecular formula is C13H14N2. The standard InChI is InChI=1S/C13H14N2/c1-9-6-10(2)13-11(4-5-14)8-15(3)12(13)7-9/h6-8H,4H2,1-3H3. The summed E-state index contributed by atoms with van der Waals surface area (Å²) in [5.41, 5.74) is 4.88. The lowest BCUT2D eigenvalue weighted by Gasteiger charge is -2.02. The summed E-state index contributed by atoms with van der Waals surface area (Å²) in [5.74, 6) is 0. The van der Waals surface area contributed by atoms with Crippen molar-refractivity contribution in [3.63, 3.8) is 0 Å². The zero-order valence-electron chi connectivity index (χ0n) is 9.33. The molecule has 15 heavy (non-hydrogen) atoms. The van der Waals surface area contributed by atoms with Crippen LogP contribution in [0.5, 0.6) is 0 Å². The molecule has 0 aliphatic carbocycles. The van der Waals surface area contributed by atoms with Gasteiger partial charge < -0.3 is 4.57 Å². The number of fused-ring (bicyclic) bond motifs is 1. The van der Waals surface area contributed by atoms with E-state index in [4.69, 9.17) is 5.26 Å². The van der Waals surface area contributed by atoms with E-state index in [0.29, 0.717) is 6.42 Å². The number of rotatable bonds is 1. The van der Waals surface area contributed by atoms with Gasteiger partial charge in [-0.25, -0.2) is 0 Å². The first-order chi connectivity index (χ1) is 7.13. The van der Waals surface area contributed by atoms with Crippen LogP contribution in [0.25, 0.3) is 10.9 Å². The molecule has 0 spiro atoms. The number of nitrogens with zero attached hydrogens (tertiary/aromatic N) is 2. The van der Waals surface area contributed by atoms with Gasteiger partial charge in [0.05, 0.1) is 12.5 Å². The summed E-state index contributed by atoms with van der Waals surface area (Å²) < 4.78 is 2.10. The van der Waals surface area contributed by atoms with Gasteiger partial charge in [0.2, 0.25) is 0 Å². The average Bonchev–Trinajstić information content (AvgIpc) is 2.44. The number of aryl methyl sites for hydroxylation is 3. The van der Waals surface area contributed by atoms with E-state index in [1.54, 1.807) is 0 Å². The molecule has 0 bridgehead atoms. The molecule has 1 heterocycles. The van der Waals surface area contributed by atoms with Crippen LogP contribution in [0.15, 0.2) is 18.3 Å². The SMILES string of the molecule is Cc1cc(C)c2c(CC#N)cn(C)c2c1. The van der Waals surface area contributed by atoms with Crippen molar-refractivity contribution in [1.29, 1.82) is 5.26 Å². The molecule has 1 aromatic heterocycles. The fraction of sp³-hybridized carbons (Fsp3) is 0.308. The van der Waals surface area contributed by atoms with Gasteiger partial charge in [0, 0.05) is 24.1 Å². The molecule has 2 nitrogen and oxygen atoms in total. The van der Waals surface area contributed by atoms with Gasteiger partial charge in [-0.3, -0.25) is 0 Å². The molecule has 0 N–H and O–H groups in total. The number of nitriles is 1. The van der Waals surface area contributed by atoms with Crippen molar-refractivity contribution in [2.24, 2.45) is 7.05 Å². The summed E-state index contributed by atoms with van der Waals surface area (Å²) in [4.78, 5) is 0. The van der Waals surface area contributed by atoms with Gasteiger partial charge in [0.25, 0.3) is 0 Å². The van der Waals surface area contributed by atoms with Crippen molar-refractivity contribution >= 4 is 10.9 Å². The topological polar surface area (TPSA) is 28.7 Å². The Bertz CT molecular complexity index is 556. The maximum Gasteiger partial charge on any atom is 0.0670 e. The van der Waals surface area contributed by atoms with E-state index in [-0.39, 0.29) is 0 Å². The lowest BCUT2D eigenvalue weighted by Crippen LogP contribution is -1.86. The highest BCUT2D eigenvalue weighted by Gasteiger charge is 2.08. The van der Waals surface area contributed by atoms with E-state index >= 15 is 0 Å². The van der Waals surface area contributed by atoms with Crippen LogP contribution in [-0.4, -0.2) is 4.57 Å². The first-order valence-corrected chi connectivity index (χ1v) is 5.05. The molecule has 0 amide bonds. The highest BCUT2D eigenvalue weighted by Crippen LogP contribution is 2.25. The predicted octanol–water partition coefficient (Wildman–Crippen LogP) is 2.86. The Morgan fingerprint density at radius 3 is 2.73 bits per heavy atom. The molecule has 0 aliphatic rings. The van der Waals surface area contributed by atoms with Gasteiger partial charge in [-0.15, -0.1) is 0 Å². The third-order valence-corrected chi connectivity index (χ3v) is 2.78. The maximum absolute atomic E-state index is 8.77. The smallest absolute Gasteiger partial charge is 0.0670 e. The molecule has 0 atom stereocenters. The molecule has 0 aliphatic heterocycles.